The molecular formula is C13H11N5. The number of rotatable bonds is 2. The minimum Gasteiger partial charge on any atom is -0.382 e. The zero-order valence-corrected chi connectivity index (χ0v) is 9.54. The van der Waals surface area contributed by atoms with E-state index in [9.17, 15) is 0 Å². The zero-order chi connectivity index (χ0) is 12.5. The lowest BCUT2D eigenvalue weighted by atomic mass is 10.2. The van der Waals surface area contributed by atoms with E-state index in [0.29, 0.717) is 5.69 Å². The summed E-state index contributed by atoms with van der Waals surface area (Å²) in [7, 11) is 0. The predicted octanol–water partition coefficient (Wildman–Crippen LogP) is 1.70. The van der Waals surface area contributed by atoms with Gasteiger partial charge < -0.3 is 5.73 Å². The summed E-state index contributed by atoms with van der Waals surface area (Å²) in [6.45, 7) is 0. The molecule has 0 radical (unpaired) electrons. The van der Waals surface area contributed by atoms with E-state index in [1.807, 2.05) is 41.2 Å². The molecule has 0 bridgehead atoms. The predicted molar refractivity (Wildman–Crippen MR) is 69.9 cm³/mol. The van der Waals surface area contributed by atoms with Crippen molar-refractivity contribution in [2.75, 3.05) is 0 Å². The average molecular weight is 237 g/mol. The van der Waals surface area contributed by atoms with E-state index in [0.717, 1.165) is 16.6 Å². The van der Waals surface area contributed by atoms with Gasteiger partial charge in [0.2, 0.25) is 0 Å². The van der Waals surface area contributed by atoms with Crippen LogP contribution >= 0.6 is 0 Å². The van der Waals surface area contributed by atoms with Crippen LogP contribution in [0.4, 0.5) is 0 Å². The summed E-state index contributed by atoms with van der Waals surface area (Å²) in [5.74, 6) is -0.0479. The quantitative estimate of drug-likeness (QED) is 0.526. The third-order valence-corrected chi connectivity index (χ3v) is 2.74. The van der Waals surface area contributed by atoms with Gasteiger partial charge in [-0.15, -0.1) is 0 Å². The lowest BCUT2D eigenvalue weighted by molar-refractivity contribution is 0.906. The van der Waals surface area contributed by atoms with E-state index < -0.39 is 0 Å². The summed E-state index contributed by atoms with van der Waals surface area (Å²) in [6.07, 6.45) is 3.44. The van der Waals surface area contributed by atoms with Gasteiger partial charge in [-0.05, 0) is 18.2 Å². The normalized spacial score (nSPS) is 10.7. The molecular weight excluding hydrogens is 226 g/mol. The van der Waals surface area contributed by atoms with Gasteiger partial charge in [-0.25, -0.2) is 4.68 Å². The highest BCUT2D eigenvalue weighted by Crippen LogP contribution is 2.17. The van der Waals surface area contributed by atoms with Gasteiger partial charge in [-0.2, -0.15) is 5.10 Å². The third-order valence-electron chi connectivity index (χ3n) is 2.74. The van der Waals surface area contributed by atoms with Crippen LogP contribution in [-0.4, -0.2) is 20.6 Å². The highest BCUT2D eigenvalue weighted by Gasteiger charge is 2.06. The van der Waals surface area contributed by atoms with Gasteiger partial charge in [-0.1, -0.05) is 18.2 Å². The summed E-state index contributed by atoms with van der Waals surface area (Å²) in [6, 6.07) is 11.5. The standard InChI is InChI=1S/C13H11N5/c14-13(15)11-7-10(5-6-16-11)18-12-4-2-1-3-9(12)8-17-18/h1-8H,(H3,14,15). The van der Waals surface area contributed by atoms with Crippen molar-refractivity contribution in [3.05, 3.63) is 54.5 Å². The number of para-hydroxylation sites is 1. The Labute approximate surface area is 103 Å². The van der Waals surface area contributed by atoms with E-state index in [1.165, 1.54) is 0 Å². The van der Waals surface area contributed by atoms with Crippen LogP contribution in [0, 0.1) is 5.41 Å². The topological polar surface area (TPSA) is 80.6 Å². The zero-order valence-electron chi connectivity index (χ0n) is 9.54. The van der Waals surface area contributed by atoms with Crippen molar-refractivity contribution < 1.29 is 0 Å². The van der Waals surface area contributed by atoms with Crippen LogP contribution in [0.1, 0.15) is 5.69 Å². The molecule has 3 aromatic rings. The number of nitrogens with zero attached hydrogens (tertiary/aromatic N) is 3. The number of benzene rings is 1. The largest absolute Gasteiger partial charge is 0.382 e. The molecule has 2 aromatic heterocycles. The fraction of sp³-hybridized carbons (Fsp3) is 0. The Kier molecular flexibility index (Phi) is 2.30. The maximum atomic E-state index is 7.41. The number of nitrogens with one attached hydrogen (secondary N) is 1. The number of amidine groups is 1. The van der Waals surface area contributed by atoms with Crippen molar-refractivity contribution in [1.82, 2.24) is 14.8 Å². The first-order valence-corrected chi connectivity index (χ1v) is 5.49. The Morgan fingerprint density at radius 3 is 2.89 bits per heavy atom. The Bertz CT molecular complexity index is 729. The number of fused-ring (bicyclic) bond motifs is 1. The van der Waals surface area contributed by atoms with Crippen molar-refractivity contribution >= 4 is 16.7 Å². The monoisotopic (exact) mass is 237 g/mol. The fourth-order valence-electron chi connectivity index (χ4n) is 1.88. The van der Waals surface area contributed by atoms with Crippen LogP contribution in [-0.2, 0) is 0 Å². The molecule has 0 spiro atoms. The number of aromatic nitrogens is 3. The summed E-state index contributed by atoms with van der Waals surface area (Å²) < 4.78 is 1.81. The molecule has 0 saturated heterocycles. The Morgan fingerprint density at radius 2 is 2.06 bits per heavy atom. The van der Waals surface area contributed by atoms with Crippen molar-refractivity contribution in [2.24, 2.45) is 5.73 Å². The van der Waals surface area contributed by atoms with Gasteiger partial charge in [0.15, 0.2) is 0 Å². The highest BCUT2D eigenvalue weighted by molar-refractivity contribution is 5.93. The highest BCUT2D eigenvalue weighted by atomic mass is 15.3. The SMILES string of the molecule is N=C(N)c1cc(-n2ncc3ccccc32)ccn1. The molecule has 3 N–H and O–H groups in total. The minimum absolute atomic E-state index is 0.0479. The number of hydrogen-bond acceptors (Lipinski definition) is 3. The second-order valence-electron chi connectivity index (χ2n) is 3.93. The van der Waals surface area contributed by atoms with E-state index in [4.69, 9.17) is 11.1 Å². The molecule has 0 saturated carbocycles. The van der Waals surface area contributed by atoms with E-state index >= 15 is 0 Å². The molecule has 0 aliphatic rings. The smallest absolute Gasteiger partial charge is 0.141 e. The molecule has 5 nitrogen and oxygen atoms in total. The average Bonchev–Trinajstić information content (AvgIpc) is 2.82. The summed E-state index contributed by atoms with van der Waals surface area (Å²) in [4.78, 5) is 4.04. The lowest BCUT2D eigenvalue weighted by Crippen LogP contribution is -2.13. The van der Waals surface area contributed by atoms with E-state index in [2.05, 4.69) is 10.1 Å². The van der Waals surface area contributed by atoms with Crippen molar-refractivity contribution in [1.29, 1.82) is 5.41 Å². The van der Waals surface area contributed by atoms with Crippen molar-refractivity contribution in [3.63, 3.8) is 0 Å². The molecule has 0 fully saturated rings. The number of hydrogen-bond donors (Lipinski definition) is 2. The second kappa shape index (κ2) is 3.96. The van der Waals surface area contributed by atoms with Gasteiger partial charge in [0.25, 0.3) is 0 Å². The van der Waals surface area contributed by atoms with Crippen LogP contribution in [0.25, 0.3) is 16.6 Å². The van der Waals surface area contributed by atoms with Crippen LogP contribution < -0.4 is 5.73 Å². The number of nitrogen functional groups attached to an aromatic ring is 1. The van der Waals surface area contributed by atoms with Crippen LogP contribution in [0.15, 0.2) is 48.8 Å². The first kappa shape index (κ1) is 10.5. The molecule has 1 aromatic carbocycles. The summed E-state index contributed by atoms with van der Waals surface area (Å²) in [5.41, 5.74) is 7.75. The van der Waals surface area contributed by atoms with Gasteiger partial charge >= 0.3 is 0 Å². The van der Waals surface area contributed by atoms with Gasteiger partial charge in [0, 0.05) is 11.6 Å². The van der Waals surface area contributed by atoms with Crippen LogP contribution in [0.3, 0.4) is 0 Å². The molecule has 3 rings (SSSR count). The Balaban J connectivity index is 2.20. The first-order chi connectivity index (χ1) is 8.75. The summed E-state index contributed by atoms with van der Waals surface area (Å²) in [5, 5.41) is 12.8. The second-order valence-corrected chi connectivity index (χ2v) is 3.93. The minimum atomic E-state index is -0.0479. The molecule has 0 atom stereocenters. The molecule has 5 heteroatoms. The van der Waals surface area contributed by atoms with E-state index in [-0.39, 0.29) is 5.84 Å². The Morgan fingerprint density at radius 1 is 1.22 bits per heavy atom. The maximum Gasteiger partial charge on any atom is 0.141 e. The fourth-order valence-corrected chi connectivity index (χ4v) is 1.88. The number of nitrogens with two attached hydrogens (primary N) is 1. The van der Waals surface area contributed by atoms with Crippen LogP contribution in [0.5, 0.6) is 0 Å². The molecule has 0 aliphatic carbocycles. The molecule has 88 valence electrons. The molecule has 0 unspecified atom stereocenters. The van der Waals surface area contributed by atoms with Gasteiger partial charge in [0.1, 0.15) is 11.5 Å². The Hall–Kier alpha value is -2.69. The number of pyridine rings is 1. The first-order valence-electron chi connectivity index (χ1n) is 5.49. The van der Waals surface area contributed by atoms with Gasteiger partial charge in [0.05, 0.1) is 17.4 Å². The van der Waals surface area contributed by atoms with Crippen LogP contribution in [0.2, 0.25) is 0 Å². The lowest BCUT2D eigenvalue weighted by Gasteiger charge is -2.05. The molecule has 2 heterocycles. The van der Waals surface area contributed by atoms with Gasteiger partial charge in [-0.3, -0.25) is 10.4 Å². The molecule has 0 aliphatic heterocycles. The van der Waals surface area contributed by atoms with Crippen molar-refractivity contribution in [3.8, 4) is 5.69 Å². The maximum absolute atomic E-state index is 7.41. The molecule has 0 amide bonds. The van der Waals surface area contributed by atoms with Crippen molar-refractivity contribution in [2.45, 2.75) is 0 Å². The molecule has 18 heavy (non-hydrogen) atoms. The van der Waals surface area contributed by atoms with E-state index in [1.54, 1.807) is 12.3 Å². The third kappa shape index (κ3) is 1.62. The summed E-state index contributed by atoms with van der Waals surface area (Å²) >= 11 is 0.